The van der Waals surface area contributed by atoms with Gasteiger partial charge in [-0.2, -0.15) is 0 Å². The summed E-state index contributed by atoms with van der Waals surface area (Å²) >= 11 is 0. The Morgan fingerprint density at radius 1 is 1.00 bits per heavy atom. The highest BCUT2D eigenvalue weighted by Crippen LogP contribution is 2.15. The minimum Gasteiger partial charge on any atom is -0.481 e. The maximum Gasteiger partial charge on any atom is 0.410 e. The van der Waals surface area contributed by atoms with Crippen LogP contribution in [-0.2, 0) is 22.5 Å². The fraction of sp³-hybridized carbons (Fsp3) is 0.636. The Hall–Kier alpha value is -2.04. The minimum absolute atomic E-state index is 0.126. The second kappa shape index (κ2) is 11.6. The van der Waals surface area contributed by atoms with Gasteiger partial charge in [-0.25, -0.2) is 4.79 Å². The summed E-state index contributed by atoms with van der Waals surface area (Å²) in [6, 6.07) is 7.80. The SMILES string of the molecule is CCCCCCCN(Cc1ccc(CCC(=O)O)cc1)C(=O)OC(C)(C)C. The minimum atomic E-state index is -0.793. The molecule has 27 heavy (non-hydrogen) atoms. The Morgan fingerprint density at radius 3 is 2.15 bits per heavy atom. The topological polar surface area (TPSA) is 66.8 Å². The van der Waals surface area contributed by atoms with Gasteiger partial charge in [-0.05, 0) is 44.7 Å². The fourth-order valence-corrected chi connectivity index (χ4v) is 2.75. The highest BCUT2D eigenvalue weighted by molar-refractivity contribution is 5.68. The van der Waals surface area contributed by atoms with Crippen LogP contribution in [0.25, 0.3) is 0 Å². The standard InChI is InChI=1S/C22H35NO4/c1-5-6-7-8-9-16-23(21(26)27-22(2,3)4)17-19-12-10-18(11-13-19)14-15-20(24)25/h10-13H,5-9,14-17H2,1-4H3,(H,24,25). The number of carbonyl (C=O) groups is 2. The molecule has 0 saturated carbocycles. The van der Waals surface area contributed by atoms with Crippen LogP contribution >= 0.6 is 0 Å². The molecular formula is C22H35NO4. The second-order valence-electron chi connectivity index (χ2n) is 8.03. The van der Waals surface area contributed by atoms with Gasteiger partial charge in [-0.3, -0.25) is 4.79 Å². The summed E-state index contributed by atoms with van der Waals surface area (Å²) in [6.45, 7) is 9.00. The number of aliphatic carboxylic acids is 1. The number of aryl methyl sites for hydroxylation is 1. The van der Waals surface area contributed by atoms with Crippen molar-refractivity contribution in [2.45, 2.75) is 84.8 Å². The Morgan fingerprint density at radius 2 is 1.59 bits per heavy atom. The maximum absolute atomic E-state index is 12.6. The first-order valence-electron chi connectivity index (χ1n) is 9.99. The van der Waals surface area contributed by atoms with Crippen LogP contribution in [0.4, 0.5) is 4.79 Å². The van der Waals surface area contributed by atoms with Gasteiger partial charge in [0.1, 0.15) is 5.60 Å². The van der Waals surface area contributed by atoms with Crippen LogP contribution < -0.4 is 0 Å². The van der Waals surface area contributed by atoms with E-state index in [0.29, 0.717) is 19.5 Å². The number of nitrogens with zero attached hydrogens (tertiary/aromatic N) is 1. The average molecular weight is 378 g/mol. The van der Waals surface area contributed by atoms with Gasteiger partial charge in [0.2, 0.25) is 0 Å². The Kier molecular flexibility index (Phi) is 9.90. The maximum atomic E-state index is 12.6. The van der Waals surface area contributed by atoms with Crippen molar-refractivity contribution in [1.29, 1.82) is 0 Å². The van der Waals surface area contributed by atoms with Crippen molar-refractivity contribution in [2.75, 3.05) is 6.54 Å². The van der Waals surface area contributed by atoms with Crippen molar-refractivity contribution in [1.82, 2.24) is 4.90 Å². The molecule has 5 heteroatoms. The van der Waals surface area contributed by atoms with E-state index in [1.54, 1.807) is 4.90 Å². The van der Waals surface area contributed by atoms with Crippen LogP contribution in [0.2, 0.25) is 0 Å². The summed E-state index contributed by atoms with van der Waals surface area (Å²) in [4.78, 5) is 25.0. The van der Waals surface area contributed by atoms with Gasteiger partial charge in [-0.1, -0.05) is 56.9 Å². The predicted molar refractivity (Wildman–Crippen MR) is 108 cm³/mol. The quantitative estimate of drug-likeness (QED) is 0.524. The molecule has 152 valence electrons. The first-order chi connectivity index (χ1) is 12.7. The Bertz CT molecular complexity index is 575. The van der Waals surface area contributed by atoms with Gasteiger partial charge < -0.3 is 14.7 Å². The lowest BCUT2D eigenvalue weighted by Gasteiger charge is -2.27. The highest BCUT2D eigenvalue weighted by Gasteiger charge is 2.22. The van der Waals surface area contributed by atoms with Gasteiger partial charge in [0.05, 0.1) is 0 Å². The van der Waals surface area contributed by atoms with Crippen molar-refractivity contribution in [3.8, 4) is 0 Å². The molecule has 5 nitrogen and oxygen atoms in total. The number of carboxylic acids is 1. The van der Waals surface area contributed by atoms with Crippen molar-refractivity contribution < 1.29 is 19.4 Å². The summed E-state index contributed by atoms with van der Waals surface area (Å²) in [5.41, 5.74) is 1.50. The monoisotopic (exact) mass is 377 g/mol. The molecule has 0 aliphatic heterocycles. The summed E-state index contributed by atoms with van der Waals surface area (Å²) < 4.78 is 5.56. The van der Waals surface area contributed by atoms with E-state index in [-0.39, 0.29) is 12.5 Å². The molecule has 0 aliphatic rings. The van der Waals surface area contributed by atoms with E-state index in [0.717, 1.165) is 24.0 Å². The van der Waals surface area contributed by atoms with Gasteiger partial charge >= 0.3 is 12.1 Å². The molecule has 0 bridgehead atoms. The molecular weight excluding hydrogens is 342 g/mol. The lowest BCUT2D eigenvalue weighted by molar-refractivity contribution is -0.136. The van der Waals surface area contributed by atoms with Crippen molar-refractivity contribution in [3.05, 3.63) is 35.4 Å². The number of rotatable bonds is 11. The van der Waals surface area contributed by atoms with Gasteiger partial charge in [-0.15, -0.1) is 0 Å². The summed E-state index contributed by atoms with van der Waals surface area (Å²) in [5, 5.41) is 8.78. The van der Waals surface area contributed by atoms with Crippen molar-refractivity contribution >= 4 is 12.1 Å². The van der Waals surface area contributed by atoms with Crippen molar-refractivity contribution in [2.24, 2.45) is 0 Å². The normalized spacial score (nSPS) is 11.3. The molecule has 0 aromatic heterocycles. The number of hydrogen-bond acceptors (Lipinski definition) is 3. The molecule has 0 aliphatic carbocycles. The van der Waals surface area contributed by atoms with Gasteiger partial charge in [0, 0.05) is 19.5 Å². The lowest BCUT2D eigenvalue weighted by Crippen LogP contribution is -2.37. The highest BCUT2D eigenvalue weighted by atomic mass is 16.6. The van der Waals surface area contributed by atoms with Crippen LogP contribution in [0.3, 0.4) is 0 Å². The van der Waals surface area contributed by atoms with Crippen LogP contribution in [0.15, 0.2) is 24.3 Å². The molecule has 0 fully saturated rings. The number of benzene rings is 1. The van der Waals surface area contributed by atoms with Crippen LogP contribution in [0.1, 0.15) is 77.3 Å². The number of unbranched alkanes of at least 4 members (excludes halogenated alkanes) is 4. The molecule has 1 aromatic carbocycles. The molecule has 0 saturated heterocycles. The molecule has 1 rings (SSSR count). The summed E-state index contributed by atoms with van der Waals surface area (Å²) in [6.07, 6.45) is 6.06. The molecule has 0 heterocycles. The summed E-state index contributed by atoms with van der Waals surface area (Å²) in [7, 11) is 0. The van der Waals surface area contributed by atoms with Crippen LogP contribution in [0.5, 0.6) is 0 Å². The van der Waals surface area contributed by atoms with E-state index in [2.05, 4.69) is 6.92 Å². The molecule has 0 atom stereocenters. The number of ether oxygens (including phenoxy) is 1. The molecule has 0 spiro atoms. The third-order valence-electron chi connectivity index (χ3n) is 4.21. The Labute approximate surface area is 163 Å². The average Bonchev–Trinajstić information content (AvgIpc) is 2.58. The second-order valence-corrected chi connectivity index (χ2v) is 8.03. The molecule has 1 amide bonds. The lowest BCUT2D eigenvalue weighted by atomic mass is 10.1. The zero-order valence-electron chi connectivity index (χ0n) is 17.3. The first-order valence-corrected chi connectivity index (χ1v) is 9.99. The Balaban J connectivity index is 2.68. The van der Waals surface area contributed by atoms with Gasteiger partial charge in [0.15, 0.2) is 0 Å². The van der Waals surface area contributed by atoms with Gasteiger partial charge in [0.25, 0.3) is 0 Å². The number of carboxylic acid groups (broad SMARTS) is 1. The summed E-state index contributed by atoms with van der Waals surface area (Å²) in [5.74, 6) is -0.793. The first kappa shape index (κ1) is 23.0. The van der Waals surface area contributed by atoms with E-state index in [4.69, 9.17) is 9.84 Å². The zero-order valence-corrected chi connectivity index (χ0v) is 17.3. The largest absolute Gasteiger partial charge is 0.481 e. The number of amides is 1. The molecule has 0 radical (unpaired) electrons. The van der Waals surface area contributed by atoms with Crippen LogP contribution in [0, 0.1) is 0 Å². The molecule has 1 aromatic rings. The molecule has 1 N–H and O–H groups in total. The van der Waals surface area contributed by atoms with Crippen LogP contribution in [-0.4, -0.2) is 34.2 Å². The molecule has 0 unspecified atom stereocenters. The van der Waals surface area contributed by atoms with E-state index in [1.165, 1.54) is 19.3 Å². The van der Waals surface area contributed by atoms with E-state index >= 15 is 0 Å². The zero-order chi connectivity index (χ0) is 20.3. The fourth-order valence-electron chi connectivity index (χ4n) is 2.75. The third kappa shape index (κ3) is 10.6. The van der Waals surface area contributed by atoms with E-state index in [1.807, 2.05) is 45.0 Å². The number of carbonyl (C=O) groups excluding carboxylic acids is 1. The van der Waals surface area contributed by atoms with Crippen molar-refractivity contribution in [3.63, 3.8) is 0 Å². The van der Waals surface area contributed by atoms with E-state index < -0.39 is 11.6 Å². The number of hydrogen-bond donors (Lipinski definition) is 1. The third-order valence-corrected chi connectivity index (χ3v) is 4.21. The smallest absolute Gasteiger partial charge is 0.410 e. The van der Waals surface area contributed by atoms with E-state index in [9.17, 15) is 9.59 Å². The predicted octanol–water partition coefficient (Wildman–Crippen LogP) is 5.41.